The van der Waals surface area contributed by atoms with Crippen LogP contribution in [0.5, 0.6) is 0 Å². The van der Waals surface area contributed by atoms with Crippen LogP contribution in [0.25, 0.3) is 0 Å². The molecule has 0 saturated heterocycles. The van der Waals surface area contributed by atoms with E-state index in [2.05, 4.69) is 118 Å². The summed E-state index contributed by atoms with van der Waals surface area (Å²) in [7, 11) is 0. The van der Waals surface area contributed by atoms with Gasteiger partial charge in [0.15, 0.2) is 6.10 Å². The first-order valence-electron chi connectivity index (χ1n) is 33.7. The number of carbonyl (C=O) groups excluding carboxylic acids is 3. The highest BCUT2D eigenvalue weighted by Gasteiger charge is 2.19. The highest BCUT2D eigenvalue weighted by molar-refractivity contribution is 5.71. The van der Waals surface area contributed by atoms with E-state index in [1.165, 1.54) is 193 Å². The van der Waals surface area contributed by atoms with E-state index in [9.17, 15) is 14.4 Å². The molecule has 0 aliphatic heterocycles. The van der Waals surface area contributed by atoms with E-state index in [1.807, 2.05) is 0 Å². The molecule has 6 nitrogen and oxygen atoms in total. The SMILES string of the molecule is CC/C=C\C/C=C\C/C=C\C/C=C\C/C=C\CCCC(=O)OC(COC(=O)CCCCCCC/C=C\CCCCCCCC)COC(=O)CCCCCCCCCCCCCCCCCCC/C=C\C/C=C\CCCCCCC. The second-order valence-corrected chi connectivity index (χ2v) is 22.3. The van der Waals surface area contributed by atoms with Crippen molar-refractivity contribution in [2.24, 2.45) is 0 Å². The molecule has 0 heterocycles. The van der Waals surface area contributed by atoms with Crippen LogP contribution < -0.4 is 0 Å². The van der Waals surface area contributed by atoms with Crippen molar-refractivity contribution in [3.8, 4) is 0 Å². The van der Waals surface area contributed by atoms with E-state index in [4.69, 9.17) is 14.2 Å². The molecule has 0 aromatic heterocycles. The van der Waals surface area contributed by atoms with Crippen LogP contribution in [0.2, 0.25) is 0 Å². The van der Waals surface area contributed by atoms with Gasteiger partial charge in [0.2, 0.25) is 0 Å². The summed E-state index contributed by atoms with van der Waals surface area (Å²) in [5.74, 6) is -0.957. The molecule has 0 spiro atoms. The third kappa shape index (κ3) is 65.0. The summed E-state index contributed by atoms with van der Waals surface area (Å²) in [6, 6.07) is 0. The molecule has 1 atom stereocenters. The van der Waals surface area contributed by atoms with Gasteiger partial charge in [0.1, 0.15) is 13.2 Å². The maximum atomic E-state index is 12.9. The second kappa shape index (κ2) is 66.8. The van der Waals surface area contributed by atoms with Crippen LogP contribution in [0.4, 0.5) is 0 Å². The number of hydrogen-bond acceptors (Lipinski definition) is 6. The van der Waals surface area contributed by atoms with Gasteiger partial charge in [-0.15, -0.1) is 0 Å². The Morgan fingerprint density at radius 2 is 0.506 bits per heavy atom. The topological polar surface area (TPSA) is 78.9 Å². The van der Waals surface area contributed by atoms with E-state index in [0.717, 1.165) is 89.9 Å². The number of esters is 3. The lowest BCUT2D eigenvalue weighted by atomic mass is 10.0. The molecular weight excluding hydrogens is 973 g/mol. The largest absolute Gasteiger partial charge is 0.462 e. The van der Waals surface area contributed by atoms with Gasteiger partial charge in [0.05, 0.1) is 0 Å². The fraction of sp³-hybridized carbons (Fsp3) is 0.740. The van der Waals surface area contributed by atoms with Crippen molar-refractivity contribution in [1.29, 1.82) is 0 Å². The molecule has 0 amide bonds. The summed E-state index contributed by atoms with van der Waals surface area (Å²) in [5.41, 5.74) is 0. The lowest BCUT2D eigenvalue weighted by Gasteiger charge is -2.18. The fourth-order valence-electron chi connectivity index (χ4n) is 9.51. The predicted octanol–water partition coefficient (Wildman–Crippen LogP) is 23.2. The average Bonchev–Trinajstić information content (AvgIpc) is 3.45. The van der Waals surface area contributed by atoms with Crippen molar-refractivity contribution in [3.63, 3.8) is 0 Å². The first kappa shape index (κ1) is 75.3. The molecule has 6 heteroatoms. The van der Waals surface area contributed by atoms with Crippen LogP contribution in [0.15, 0.2) is 97.2 Å². The van der Waals surface area contributed by atoms with Crippen LogP contribution in [0, 0.1) is 0 Å². The first-order valence-corrected chi connectivity index (χ1v) is 33.7. The molecular formula is C73H126O6. The number of carbonyl (C=O) groups is 3. The van der Waals surface area contributed by atoms with Crippen molar-refractivity contribution in [3.05, 3.63) is 97.2 Å². The van der Waals surface area contributed by atoms with Gasteiger partial charge in [-0.1, -0.05) is 291 Å². The minimum atomic E-state index is -0.812. The van der Waals surface area contributed by atoms with E-state index in [0.29, 0.717) is 19.3 Å². The Morgan fingerprint density at radius 1 is 0.266 bits per heavy atom. The summed E-state index contributed by atoms with van der Waals surface area (Å²) < 4.78 is 16.9. The first-order chi connectivity index (χ1) is 39.0. The third-order valence-corrected chi connectivity index (χ3v) is 14.5. The normalized spacial score (nSPS) is 12.7. The molecule has 0 rings (SSSR count). The number of hydrogen-bond donors (Lipinski definition) is 0. The average molecular weight is 1100 g/mol. The highest BCUT2D eigenvalue weighted by Crippen LogP contribution is 2.17. The Labute approximate surface area is 489 Å². The quantitative estimate of drug-likeness (QED) is 0.0261. The molecule has 0 aliphatic carbocycles. The lowest BCUT2D eigenvalue weighted by Crippen LogP contribution is -2.30. The molecule has 0 aliphatic rings. The van der Waals surface area contributed by atoms with Crippen molar-refractivity contribution in [2.75, 3.05) is 13.2 Å². The zero-order valence-corrected chi connectivity index (χ0v) is 52.1. The van der Waals surface area contributed by atoms with E-state index >= 15 is 0 Å². The molecule has 454 valence electrons. The minimum absolute atomic E-state index is 0.101. The van der Waals surface area contributed by atoms with Crippen molar-refractivity contribution in [2.45, 2.75) is 335 Å². The van der Waals surface area contributed by atoms with Crippen LogP contribution in [-0.4, -0.2) is 37.2 Å². The Bertz CT molecular complexity index is 1540. The second-order valence-electron chi connectivity index (χ2n) is 22.3. The number of allylic oxidation sites excluding steroid dienone is 16. The molecule has 0 N–H and O–H groups in total. The maximum Gasteiger partial charge on any atom is 0.306 e. The zero-order chi connectivity index (χ0) is 57.1. The molecule has 0 aromatic carbocycles. The summed E-state index contributed by atoms with van der Waals surface area (Å²) in [6.45, 7) is 6.49. The predicted molar refractivity (Wildman–Crippen MR) is 344 cm³/mol. The highest BCUT2D eigenvalue weighted by atomic mass is 16.6. The molecule has 0 saturated carbocycles. The summed E-state index contributed by atoms with van der Waals surface area (Å²) in [6.07, 6.45) is 90.1. The summed E-state index contributed by atoms with van der Waals surface area (Å²) in [4.78, 5) is 38.3. The van der Waals surface area contributed by atoms with Crippen molar-refractivity contribution < 1.29 is 28.6 Å². The summed E-state index contributed by atoms with van der Waals surface area (Å²) >= 11 is 0. The van der Waals surface area contributed by atoms with Gasteiger partial charge in [-0.25, -0.2) is 0 Å². The zero-order valence-electron chi connectivity index (χ0n) is 52.1. The fourth-order valence-corrected chi connectivity index (χ4v) is 9.51. The Hall–Kier alpha value is -3.67. The van der Waals surface area contributed by atoms with Crippen molar-refractivity contribution >= 4 is 17.9 Å². The van der Waals surface area contributed by atoms with Gasteiger partial charge in [0.25, 0.3) is 0 Å². The Balaban J connectivity index is 4.30. The molecule has 0 aromatic rings. The van der Waals surface area contributed by atoms with Gasteiger partial charge >= 0.3 is 17.9 Å². The molecule has 1 unspecified atom stereocenters. The lowest BCUT2D eigenvalue weighted by molar-refractivity contribution is -0.167. The van der Waals surface area contributed by atoms with Gasteiger partial charge in [-0.3, -0.25) is 14.4 Å². The van der Waals surface area contributed by atoms with Crippen LogP contribution in [0.3, 0.4) is 0 Å². The van der Waals surface area contributed by atoms with Crippen LogP contribution >= 0.6 is 0 Å². The molecule has 0 fully saturated rings. The molecule has 79 heavy (non-hydrogen) atoms. The molecule has 0 bridgehead atoms. The van der Waals surface area contributed by atoms with E-state index < -0.39 is 6.10 Å². The minimum Gasteiger partial charge on any atom is -0.462 e. The molecule has 0 radical (unpaired) electrons. The standard InChI is InChI=1S/C73H126O6/c1-4-7-10-13-16-19-22-25-28-30-31-32-33-34-35-36-37-38-39-40-41-43-45-48-51-54-57-60-63-66-72(75)78-69-70(68-77-71(74)65-62-59-56-53-50-47-44-27-24-21-18-15-12-9-6-3)79-73(76)67-64-61-58-55-52-49-46-42-29-26-23-20-17-14-11-8-5-2/h8,11,17,20,22,25-27,29-31,44,46,49,55,58,70H,4-7,9-10,12-16,18-19,21,23-24,28,32-43,45,47-48,50-54,56-57,59-69H2,1-3H3/b11-8-,20-17-,25-22-,29-26-,31-30-,44-27-,49-46-,58-55-. The van der Waals surface area contributed by atoms with E-state index in [-0.39, 0.29) is 37.5 Å². The van der Waals surface area contributed by atoms with Gasteiger partial charge in [-0.05, 0) is 116 Å². The van der Waals surface area contributed by atoms with Crippen molar-refractivity contribution in [1.82, 2.24) is 0 Å². The number of ether oxygens (including phenoxy) is 3. The van der Waals surface area contributed by atoms with Crippen LogP contribution in [0.1, 0.15) is 329 Å². The van der Waals surface area contributed by atoms with Crippen LogP contribution in [-0.2, 0) is 28.6 Å². The third-order valence-electron chi connectivity index (χ3n) is 14.5. The monoisotopic (exact) mass is 1100 g/mol. The van der Waals surface area contributed by atoms with E-state index in [1.54, 1.807) is 0 Å². The smallest absolute Gasteiger partial charge is 0.306 e. The summed E-state index contributed by atoms with van der Waals surface area (Å²) in [5, 5.41) is 0. The van der Waals surface area contributed by atoms with Gasteiger partial charge in [-0.2, -0.15) is 0 Å². The van der Waals surface area contributed by atoms with Gasteiger partial charge in [0, 0.05) is 19.3 Å². The van der Waals surface area contributed by atoms with Gasteiger partial charge < -0.3 is 14.2 Å². The number of unbranched alkanes of at least 4 members (excludes halogenated alkanes) is 34. The number of rotatable bonds is 61. The Morgan fingerprint density at radius 3 is 0.823 bits per heavy atom. The maximum absolute atomic E-state index is 12.9. The Kier molecular flexibility index (Phi) is 63.7.